The largest absolute Gasteiger partial charge is 0.486 e. The van der Waals surface area contributed by atoms with Crippen LogP contribution < -0.4 is 15.4 Å². The highest BCUT2D eigenvalue weighted by atomic mass is 19.1. The number of para-hydroxylation sites is 1. The van der Waals surface area contributed by atoms with Crippen LogP contribution in [0.1, 0.15) is 51.9 Å². The lowest BCUT2D eigenvalue weighted by Gasteiger charge is -2.39. The van der Waals surface area contributed by atoms with E-state index in [-0.39, 0.29) is 17.7 Å². The normalized spacial score (nSPS) is 21.3. The van der Waals surface area contributed by atoms with Gasteiger partial charge >= 0.3 is 0 Å². The number of guanidine groups is 1. The molecule has 0 aromatic heterocycles. The Hall–Kier alpha value is -1.82. The number of hydrogen-bond donors (Lipinski definition) is 2. The third kappa shape index (κ3) is 6.09. The minimum absolute atomic E-state index is 0.163. The second kappa shape index (κ2) is 10.6. The zero-order valence-corrected chi connectivity index (χ0v) is 17.3. The van der Waals surface area contributed by atoms with Crippen molar-refractivity contribution in [3.63, 3.8) is 0 Å². The molecule has 1 aromatic carbocycles. The van der Waals surface area contributed by atoms with E-state index in [0.29, 0.717) is 12.6 Å². The molecule has 6 heteroatoms. The second-order valence-electron chi connectivity index (χ2n) is 8.06. The minimum atomic E-state index is -0.332. The molecule has 2 aliphatic rings. The Balaban J connectivity index is 1.38. The van der Waals surface area contributed by atoms with E-state index in [2.05, 4.69) is 20.5 Å². The van der Waals surface area contributed by atoms with E-state index in [9.17, 15) is 4.39 Å². The van der Waals surface area contributed by atoms with Gasteiger partial charge in [0.15, 0.2) is 17.5 Å². The molecule has 156 valence electrons. The molecule has 1 aliphatic heterocycles. The van der Waals surface area contributed by atoms with Crippen LogP contribution in [-0.2, 0) is 0 Å². The molecule has 1 saturated carbocycles. The van der Waals surface area contributed by atoms with Crippen molar-refractivity contribution in [1.29, 1.82) is 0 Å². The molecule has 1 aromatic rings. The predicted octanol–water partition coefficient (Wildman–Crippen LogP) is 3.56. The molecule has 28 heavy (non-hydrogen) atoms. The van der Waals surface area contributed by atoms with Gasteiger partial charge in [-0.05, 0) is 44.7 Å². The number of ether oxygens (including phenoxy) is 1. The molecule has 5 nitrogen and oxygen atoms in total. The lowest BCUT2D eigenvalue weighted by Crippen LogP contribution is -2.51. The summed E-state index contributed by atoms with van der Waals surface area (Å²) in [5, 5.41) is 6.85. The van der Waals surface area contributed by atoms with Crippen LogP contribution in [0.5, 0.6) is 5.75 Å². The van der Waals surface area contributed by atoms with Crippen molar-refractivity contribution in [2.75, 3.05) is 26.7 Å². The average Bonchev–Trinajstić information content (AvgIpc) is 2.74. The molecule has 0 amide bonds. The van der Waals surface area contributed by atoms with Gasteiger partial charge < -0.3 is 20.3 Å². The molecule has 2 N–H and O–H groups in total. The zero-order chi connectivity index (χ0) is 19.8. The van der Waals surface area contributed by atoms with Crippen LogP contribution in [-0.4, -0.2) is 55.7 Å². The summed E-state index contributed by atoms with van der Waals surface area (Å²) in [5.41, 5.74) is 0. The third-order valence-corrected chi connectivity index (χ3v) is 5.91. The summed E-state index contributed by atoms with van der Waals surface area (Å²) < 4.78 is 19.4. The van der Waals surface area contributed by atoms with Gasteiger partial charge in [0.1, 0.15) is 6.10 Å². The lowest BCUT2D eigenvalue weighted by molar-refractivity contribution is 0.119. The fourth-order valence-corrected chi connectivity index (χ4v) is 4.28. The first-order valence-electron chi connectivity index (χ1n) is 10.8. The number of halogens is 1. The number of nitrogens with one attached hydrogen (secondary N) is 2. The van der Waals surface area contributed by atoms with Crippen LogP contribution in [0, 0.1) is 5.82 Å². The molecule has 1 unspecified atom stereocenters. The molecule has 1 atom stereocenters. The quantitative estimate of drug-likeness (QED) is 0.576. The van der Waals surface area contributed by atoms with E-state index in [1.165, 1.54) is 51.3 Å². The zero-order valence-electron chi connectivity index (χ0n) is 17.3. The Morgan fingerprint density at radius 2 is 1.89 bits per heavy atom. The van der Waals surface area contributed by atoms with E-state index < -0.39 is 0 Å². The van der Waals surface area contributed by atoms with Crippen molar-refractivity contribution in [1.82, 2.24) is 15.5 Å². The molecule has 1 heterocycles. The van der Waals surface area contributed by atoms with Crippen LogP contribution >= 0.6 is 0 Å². The van der Waals surface area contributed by atoms with Crippen molar-refractivity contribution in [2.45, 2.75) is 70.1 Å². The highest BCUT2D eigenvalue weighted by Crippen LogP contribution is 2.25. The van der Waals surface area contributed by atoms with Gasteiger partial charge in [0.05, 0.1) is 6.54 Å². The van der Waals surface area contributed by atoms with E-state index >= 15 is 0 Å². The van der Waals surface area contributed by atoms with Gasteiger partial charge in [0.2, 0.25) is 0 Å². The Labute approximate surface area is 168 Å². The smallest absolute Gasteiger partial charge is 0.191 e. The predicted molar refractivity (Wildman–Crippen MR) is 112 cm³/mol. The van der Waals surface area contributed by atoms with Crippen molar-refractivity contribution < 1.29 is 9.13 Å². The second-order valence-corrected chi connectivity index (χ2v) is 8.06. The molecular weight excluding hydrogens is 355 g/mol. The van der Waals surface area contributed by atoms with E-state index in [1.54, 1.807) is 25.2 Å². The third-order valence-electron chi connectivity index (χ3n) is 5.91. The van der Waals surface area contributed by atoms with Gasteiger partial charge in [-0.25, -0.2) is 4.39 Å². The van der Waals surface area contributed by atoms with Crippen molar-refractivity contribution >= 4 is 5.96 Å². The van der Waals surface area contributed by atoms with Gasteiger partial charge in [-0.2, -0.15) is 0 Å². The number of aliphatic imine (C=N–C) groups is 1. The Bertz CT molecular complexity index is 625. The standard InChI is InChI=1S/C22H35FN4O/c1-17(28-21-11-7-6-10-20(21)23)16-25-22(24-2)26-18-12-14-27(15-13-18)19-8-4-3-5-9-19/h6-7,10-11,17-19H,3-5,8-9,12-16H2,1-2H3,(H2,24,25,26). The van der Waals surface area contributed by atoms with Crippen molar-refractivity contribution in [3.8, 4) is 5.75 Å². The Kier molecular flexibility index (Phi) is 7.95. The van der Waals surface area contributed by atoms with Gasteiger partial charge in [0, 0.05) is 32.2 Å². The number of nitrogens with zero attached hydrogens (tertiary/aromatic N) is 2. The summed E-state index contributed by atoms with van der Waals surface area (Å²) in [7, 11) is 1.79. The fraction of sp³-hybridized carbons (Fsp3) is 0.682. The van der Waals surface area contributed by atoms with Gasteiger partial charge in [-0.3, -0.25) is 4.99 Å². The molecule has 0 spiro atoms. The van der Waals surface area contributed by atoms with E-state index in [0.717, 1.165) is 24.8 Å². The summed E-state index contributed by atoms with van der Waals surface area (Å²) >= 11 is 0. The maximum Gasteiger partial charge on any atom is 0.191 e. The minimum Gasteiger partial charge on any atom is -0.486 e. The highest BCUT2D eigenvalue weighted by Gasteiger charge is 2.26. The summed E-state index contributed by atoms with van der Waals surface area (Å²) in [6.07, 6.45) is 9.09. The topological polar surface area (TPSA) is 48.9 Å². The van der Waals surface area contributed by atoms with Crippen LogP contribution in [0.25, 0.3) is 0 Å². The molecule has 0 radical (unpaired) electrons. The number of rotatable bonds is 6. The lowest BCUT2D eigenvalue weighted by atomic mass is 9.92. The maximum atomic E-state index is 13.7. The number of hydrogen-bond acceptors (Lipinski definition) is 3. The molecular formula is C22H35FN4O. The first-order valence-corrected chi connectivity index (χ1v) is 10.8. The van der Waals surface area contributed by atoms with Crippen molar-refractivity contribution in [3.05, 3.63) is 30.1 Å². The van der Waals surface area contributed by atoms with E-state index in [1.807, 2.05) is 6.92 Å². The molecule has 2 fully saturated rings. The average molecular weight is 391 g/mol. The SMILES string of the molecule is CN=C(NCC(C)Oc1ccccc1F)NC1CCN(C2CCCCC2)CC1. The molecule has 1 saturated heterocycles. The summed E-state index contributed by atoms with van der Waals surface area (Å²) in [6.45, 7) is 4.84. The summed E-state index contributed by atoms with van der Waals surface area (Å²) in [4.78, 5) is 7.03. The van der Waals surface area contributed by atoms with Crippen LogP contribution in [0.4, 0.5) is 4.39 Å². The first kappa shape index (κ1) is 20.9. The highest BCUT2D eigenvalue weighted by molar-refractivity contribution is 5.80. The molecule has 0 bridgehead atoms. The monoisotopic (exact) mass is 390 g/mol. The Morgan fingerprint density at radius 1 is 1.18 bits per heavy atom. The van der Waals surface area contributed by atoms with Crippen LogP contribution in [0.3, 0.4) is 0 Å². The van der Waals surface area contributed by atoms with Crippen LogP contribution in [0.2, 0.25) is 0 Å². The molecule has 3 rings (SSSR count). The van der Waals surface area contributed by atoms with Gasteiger partial charge in [-0.1, -0.05) is 31.4 Å². The maximum absolute atomic E-state index is 13.7. The fourth-order valence-electron chi connectivity index (χ4n) is 4.28. The molecule has 1 aliphatic carbocycles. The summed E-state index contributed by atoms with van der Waals surface area (Å²) in [5.74, 6) is 0.747. The number of benzene rings is 1. The summed E-state index contributed by atoms with van der Waals surface area (Å²) in [6, 6.07) is 7.77. The van der Waals surface area contributed by atoms with Gasteiger partial charge in [0.25, 0.3) is 0 Å². The number of piperidine rings is 1. The van der Waals surface area contributed by atoms with E-state index in [4.69, 9.17) is 4.74 Å². The van der Waals surface area contributed by atoms with Crippen molar-refractivity contribution in [2.24, 2.45) is 4.99 Å². The van der Waals surface area contributed by atoms with Crippen LogP contribution in [0.15, 0.2) is 29.3 Å². The van der Waals surface area contributed by atoms with Gasteiger partial charge in [-0.15, -0.1) is 0 Å². The number of likely N-dealkylation sites (tertiary alicyclic amines) is 1. The Morgan fingerprint density at radius 3 is 2.57 bits per heavy atom. The first-order chi connectivity index (χ1) is 13.7.